The van der Waals surface area contributed by atoms with Gasteiger partial charge in [0.05, 0.1) is 33.8 Å². The van der Waals surface area contributed by atoms with Gasteiger partial charge in [0.15, 0.2) is 0 Å². The lowest BCUT2D eigenvalue weighted by Gasteiger charge is -2.43. The van der Waals surface area contributed by atoms with E-state index < -0.39 is 0 Å². The van der Waals surface area contributed by atoms with E-state index in [0.29, 0.717) is 5.92 Å². The molecule has 2 fully saturated rings. The van der Waals surface area contributed by atoms with Gasteiger partial charge in [-0.1, -0.05) is 110 Å². The molecule has 0 N–H and O–H groups in total. The van der Waals surface area contributed by atoms with E-state index in [9.17, 15) is 0 Å². The van der Waals surface area contributed by atoms with Gasteiger partial charge in [-0.15, -0.1) is 0 Å². The van der Waals surface area contributed by atoms with Crippen molar-refractivity contribution in [2.24, 2.45) is 17.8 Å². The predicted octanol–water partition coefficient (Wildman–Crippen LogP) is 10.5. The fraction of sp³-hybridized carbons (Fsp3) is 0.213. The molecule has 0 spiro atoms. The molecule has 3 aliphatic heterocycles. The highest BCUT2D eigenvalue weighted by molar-refractivity contribution is 7.99. The molecular formula is C47H36BN3S. The molecule has 5 aliphatic rings. The van der Waals surface area contributed by atoms with Gasteiger partial charge in [0.1, 0.15) is 0 Å². The molecule has 52 heavy (non-hydrogen) atoms. The molecule has 0 saturated heterocycles. The second-order valence-electron chi connectivity index (χ2n) is 16.2. The number of para-hydroxylation sites is 4. The Hall–Kier alpha value is -5.00. The van der Waals surface area contributed by atoms with Crippen molar-refractivity contribution in [2.45, 2.75) is 54.7 Å². The number of benzene rings is 6. The Morgan fingerprint density at radius 2 is 1.44 bits per heavy atom. The summed E-state index contributed by atoms with van der Waals surface area (Å²) in [5.41, 5.74) is 14.5. The Morgan fingerprint density at radius 3 is 2.37 bits per heavy atom. The van der Waals surface area contributed by atoms with E-state index in [1.807, 2.05) is 11.8 Å². The number of rotatable bonds is 2. The first-order valence-corrected chi connectivity index (χ1v) is 20.2. The molecule has 0 amide bonds. The van der Waals surface area contributed by atoms with Crippen molar-refractivity contribution in [3.63, 3.8) is 0 Å². The van der Waals surface area contributed by atoms with Crippen LogP contribution in [-0.4, -0.2) is 16.3 Å². The molecule has 13 rings (SSSR count). The first-order chi connectivity index (χ1) is 25.7. The SMILES string of the molecule is CCC1CC2CC(C1)C(c1nc3c4c5c(cc3c3ccccc13)N1c3ccccc3Sc3cccc(c31)B5c1cccc3c5ccccc5n-4c13)C2. The van der Waals surface area contributed by atoms with Crippen LogP contribution in [0.2, 0.25) is 0 Å². The summed E-state index contributed by atoms with van der Waals surface area (Å²) in [5.74, 6) is 2.94. The van der Waals surface area contributed by atoms with Crippen molar-refractivity contribution >= 4 is 95.4 Å². The van der Waals surface area contributed by atoms with Crippen molar-refractivity contribution in [1.29, 1.82) is 0 Å². The molecule has 2 aliphatic carbocycles. The third-order valence-corrected chi connectivity index (χ3v) is 14.8. The van der Waals surface area contributed by atoms with Gasteiger partial charge in [-0.3, -0.25) is 0 Å². The van der Waals surface area contributed by atoms with Crippen LogP contribution in [0.1, 0.15) is 50.6 Å². The van der Waals surface area contributed by atoms with Crippen LogP contribution in [0.5, 0.6) is 0 Å². The van der Waals surface area contributed by atoms with Crippen LogP contribution in [-0.2, 0) is 0 Å². The average Bonchev–Trinajstić information content (AvgIpc) is 3.69. The van der Waals surface area contributed by atoms with Gasteiger partial charge in [-0.25, -0.2) is 4.98 Å². The molecule has 5 heteroatoms. The van der Waals surface area contributed by atoms with Gasteiger partial charge in [-0.05, 0) is 95.5 Å². The Bertz CT molecular complexity index is 2890. The zero-order valence-corrected chi connectivity index (χ0v) is 30.0. The number of hydrogen-bond donors (Lipinski definition) is 0. The molecule has 4 atom stereocenters. The normalized spacial score (nSPS) is 21.9. The van der Waals surface area contributed by atoms with E-state index >= 15 is 0 Å². The Kier molecular flexibility index (Phi) is 5.56. The first kappa shape index (κ1) is 28.6. The lowest BCUT2D eigenvalue weighted by atomic mass is 9.33. The van der Waals surface area contributed by atoms with Crippen LogP contribution in [0, 0.1) is 17.8 Å². The molecule has 6 aromatic carbocycles. The molecule has 0 radical (unpaired) electrons. The third kappa shape index (κ3) is 3.49. The summed E-state index contributed by atoms with van der Waals surface area (Å²) in [7, 11) is 0. The summed E-state index contributed by atoms with van der Waals surface area (Å²) in [4.78, 5) is 11.3. The molecule has 8 aromatic rings. The minimum absolute atomic E-state index is 0.111. The maximum absolute atomic E-state index is 6.03. The number of pyridine rings is 1. The maximum atomic E-state index is 6.03. The standard InChI is InChI=1S/C47H36BN3S/c1-2-26-21-27-23-28(22-26)33(24-27)43-31-13-4-3-11-29(31)34-25-39-42-47(44(34)49-43)51-37-17-6-5-12-30(37)32-14-9-15-35(45(32)51)48(42)36-16-10-20-41-46(36)50(39)38-18-7-8-19-40(38)52-41/h3-20,25-28,33H,2,21-24H2,1H3. The summed E-state index contributed by atoms with van der Waals surface area (Å²) in [6.07, 6.45) is 6.71. The van der Waals surface area contributed by atoms with E-state index in [-0.39, 0.29) is 6.71 Å². The van der Waals surface area contributed by atoms with Crippen LogP contribution in [0.4, 0.5) is 17.1 Å². The largest absolute Gasteiger partial charge is 0.309 e. The number of fused-ring (bicyclic) bond motifs is 15. The number of nitrogens with zero attached hydrogens (tertiary/aromatic N) is 3. The van der Waals surface area contributed by atoms with Gasteiger partial charge in [0, 0.05) is 48.5 Å². The highest BCUT2D eigenvalue weighted by atomic mass is 32.2. The summed E-state index contributed by atoms with van der Waals surface area (Å²) in [5, 5.41) is 6.61. The van der Waals surface area contributed by atoms with Crippen LogP contribution >= 0.6 is 11.8 Å². The van der Waals surface area contributed by atoms with E-state index in [4.69, 9.17) is 4.98 Å². The van der Waals surface area contributed by atoms with Crippen LogP contribution in [0.3, 0.4) is 0 Å². The lowest BCUT2D eigenvalue weighted by molar-refractivity contribution is 0.250. The Balaban J connectivity index is 1.22. The second-order valence-corrected chi connectivity index (χ2v) is 17.3. The molecule has 5 heterocycles. The van der Waals surface area contributed by atoms with Crippen molar-refractivity contribution in [3.8, 4) is 5.69 Å². The molecule has 4 unspecified atom stereocenters. The lowest BCUT2D eigenvalue weighted by Crippen LogP contribution is -2.60. The fourth-order valence-electron chi connectivity index (χ4n) is 11.7. The van der Waals surface area contributed by atoms with Gasteiger partial charge >= 0.3 is 0 Å². The molecular weight excluding hydrogens is 649 g/mol. The van der Waals surface area contributed by atoms with Crippen molar-refractivity contribution in [2.75, 3.05) is 4.90 Å². The summed E-state index contributed by atoms with van der Waals surface area (Å²) >= 11 is 1.91. The predicted molar refractivity (Wildman–Crippen MR) is 219 cm³/mol. The zero-order valence-electron chi connectivity index (χ0n) is 29.1. The Labute approximate surface area is 307 Å². The number of aromatic nitrogens is 2. The van der Waals surface area contributed by atoms with E-state index in [0.717, 1.165) is 17.8 Å². The zero-order chi connectivity index (χ0) is 33.8. The van der Waals surface area contributed by atoms with Crippen LogP contribution in [0.15, 0.2) is 125 Å². The van der Waals surface area contributed by atoms with Gasteiger partial charge in [-0.2, -0.15) is 0 Å². The van der Waals surface area contributed by atoms with Crippen molar-refractivity contribution < 1.29 is 0 Å². The molecule has 2 bridgehead atoms. The third-order valence-electron chi connectivity index (χ3n) is 13.7. The van der Waals surface area contributed by atoms with Crippen LogP contribution < -0.4 is 21.3 Å². The summed E-state index contributed by atoms with van der Waals surface area (Å²) in [6.45, 7) is 2.51. The molecule has 248 valence electrons. The number of anilines is 3. The molecule has 2 saturated carbocycles. The average molecular weight is 686 g/mol. The van der Waals surface area contributed by atoms with Gasteiger partial charge in [0.25, 0.3) is 6.71 Å². The van der Waals surface area contributed by atoms with Gasteiger partial charge in [0.2, 0.25) is 0 Å². The fourth-order valence-corrected chi connectivity index (χ4v) is 12.8. The van der Waals surface area contributed by atoms with E-state index in [2.05, 4.69) is 132 Å². The van der Waals surface area contributed by atoms with E-state index in [1.165, 1.54) is 130 Å². The minimum Gasteiger partial charge on any atom is -0.309 e. The molecule has 3 nitrogen and oxygen atoms in total. The van der Waals surface area contributed by atoms with E-state index in [1.54, 1.807) is 0 Å². The monoisotopic (exact) mass is 685 g/mol. The summed E-state index contributed by atoms with van der Waals surface area (Å²) < 4.78 is 2.63. The first-order valence-electron chi connectivity index (χ1n) is 19.4. The topological polar surface area (TPSA) is 21.1 Å². The second kappa shape index (κ2) is 10.1. The minimum atomic E-state index is 0.111. The maximum Gasteiger partial charge on any atom is 0.252 e. The molecule has 2 aromatic heterocycles. The Morgan fingerprint density at radius 1 is 0.673 bits per heavy atom. The van der Waals surface area contributed by atoms with Crippen molar-refractivity contribution in [1.82, 2.24) is 9.55 Å². The smallest absolute Gasteiger partial charge is 0.252 e. The van der Waals surface area contributed by atoms with Crippen molar-refractivity contribution in [3.05, 3.63) is 121 Å². The number of hydrogen-bond acceptors (Lipinski definition) is 3. The highest BCUT2D eigenvalue weighted by Crippen LogP contribution is 2.56. The highest BCUT2D eigenvalue weighted by Gasteiger charge is 2.46. The van der Waals surface area contributed by atoms with Crippen LogP contribution in [0.25, 0.3) is 49.2 Å². The summed E-state index contributed by atoms with van der Waals surface area (Å²) in [6, 6.07) is 43.9. The quantitative estimate of drug-likeness (QED) is 0.134. The van der Waals surface area contributed by atoms with Gasteiger partial charge < -0.3 is 9.47 Å².